The average molecular weight is 681 g/mol. The third kappa shape index (κ3) is 4.89. The standard InChI is InChI=1S/C47H28N4S/c48-29-34-16-11-20-43(46(34)33-23-25-45-38(27-33)36-18-8-10-21-44(36)52-45)51-41-19-9-7-17-35(41)37-26-32(22-24-42(37)51)40-28-39(30-12-3-1-4-13-30)49-47(50-40)31-14-5-2-6-15-31/h1-28H. The second-order valence-electron chi connectivity index (χ2n) is 12.9. The molecule has 0 N–H and O–H groups in total. The number of para-hydroxylation sites is 1. The van der Waals surface area contributed by atoms with Crippen molar-refractivity contribution in [1.29, 1.82) is 5.26 Å². The summed E-state index contributed by atoms with van der Waals surface area (Å²) in [6, 6.07) is 61.3. The van der Waals surface area contributed by atoms with Crippen molar-refractivity contribution in [3.63, 3.8) is 0 Å². The third-order valence-corrected chi connectivity index (χ3v) is 11.0. The molecule has 52 heavy (non-hydrogen) atoms. The summed E-state index contributed by atoms with van der Waals surface area (Å²) in [5, 5.41) is 15.2. The Kier molecular flexibility index (Phi) is 7.02. The Morgan fingerprint density at radius 3 is 1.90 bits per heavy atom. The lowest BCUT2D eigenvalue weighted by Gasteiger charge is -2.16. The summed E-state index contributed by atoms with van der Waals surface area (Å²) in [4.78, 5) is 10.1. The normalized spacial score (nSPS) is 11.4. The van der Waals surface area contributed by atoms with Crippen molar-refractivity contribution in [3.8, 4) is 56.8 Å². The highest BCUT2D eigenvalue weighted by molar-refractivity contribution is 7.25. The first-order chi connectivity index (χ1) is 25.7. The number of nitriles is 1. The Labute approximate surface area is 304 Å². The second kappa shape index (κ2) is 12.2. The van der Waals surface area contributed by atoms with Gasteiger partial charge in [0.15, 0.2) is 5.82 Å². The smallest absolute Gasteiger partial charge is 0.160 e. The molecule has 3 heterocycles. The van der Waals surface area contributed by atoms with Crippen LogP contribution >= 0.6 is 11.3 Å². The molecule has 10 rings (SSSR count). The zero-order valence-corrected chi connectivity index (χ0v) is 28.7. The second-order valence-corrected chi connectivity index (χ2v) is 14.0. The summed E-state index contributed by atoms with van der Waals surface area (Å²) in [7, 11) is 0. The van der Waals surface area contributed by atoms with Crippen molar-refractivity contribution in [3.05, 3.63) is 175 Å². The SMILES string of the molecule is N#Cc1cccc(-n2c3ccccc3c3cc(-c4cc(-c5ccccc5)nc(-c5ccccc5)n4)ccc32)c1-c1ccc2sc3ccccc3c2c1. The van der Waals surface area contributed by atoms with Gasteiger partial charge in [0.2, 0.25) is 0 Å². The minimum absolute atomic E-state index is 0.641. The molecule has 0 aliphatic heterocycles. The van der Waals surface area contributed by atoms with Gasteiger partial charge in [-0.2, -0.15) is 5.26 Å². The maximum atomic E-state index is 10.5. The predicted octanol–water partition coefficient (Wildman–Crippen LogP) is 12.5. The predicted molar refractivity (Wildman–Crippen MR) is 216 cm³/mol. The minimum atomic E-state index is 0.641. The first-order valence-corrected chi connectivity index (χ1v) is 18.0. The van der Waals surface area contributed by atoms with E-state index < -0.39 is 0 Å². The van der Waals surface area contributed by atoms with Gasteiger partial charge < -0.3 is 4.57 Å². The van der Waals surface area contributed by atoms with Gasteiger partial charge in [0.1, 0.15) is 0 Å². The van der Waals surface area contributed by atoms with Crippen LogP contribution in [-0.4, -0.2) is 14.5 Å². The van der Waals surface area contributed by atoms with Crippen LogP contribution in [0.5, 0.6) is 0 Å². The van der Waals surface area contributed by atoms with Crippen LogP contribution < -0.4 is 0 Å². The molecule has 0 bridgehead atoms. The van der Waals surface area contributed by atoms with Crippen molar-refractivity contribution in [2.45, 2.75) is 0 Å². The number of hydrogen-bond donors (Lipinski definition) is 0. The Morgan fingerprint density at radius 1 is 0.462 bits per heavy atom. The van der Waals surface area contributed by atoms with E-state index >= 15 is 0 Å². The van der Waals surface area contributed by atoms with Crippen LogP contribution in [0.4, 0.5) is 0 Å². The number of nitrogens with zero attached hydrogens (tertiary/aromatic N) is 4. The molecule has 242 valence electrons. The van der Waals surface area contributed by atoms with E-state index in [1.807, 2.05) is 48.5 Å². The van der Waals surface area contributed by atoms with Crippen molar-refractivity contribution in [1.82, 2.24) is 14.5 Å². The van der Waals surface area contributed by atoms with Crippen molar-refractivity contribution in [2.24, 2.45) is 0 Å². The fourth-order valence-corrected chi connectivity index (χ4v) is 8.55. The number of hydrogen-bond acceptors (Lipinski definition) is 4. The zero-order chi connectivity index (χ0) is 34.6. The molecule has 0 saturated carbocycles. The summed E-state index contributed by atoms with van der Waals surface area (Å²) in [6.07, 6.45) is 0. The molecule has 0 radical (unpaired) electrons. The van der Waals surface area contributed by atoms with Gasteiger partial charge in [0, 0.05) is 53.2 Å². The van der Waals surface area contributed by atoms with Gasteiger partial charge in [0.25, 0.3) is 0 Å². The van der Waals surface area contributed by atoms with Crippen molar-refractivity contribution >= 4 is 53.3 Å². The van der Waals surface area contributed by atoms with Gasteiger partial charge in [-0.05, 0) is 60.2 Å². The Balaban J connectivity index is 1.19. The molecule has 0 amide bonds. The minimum Gasteiger partial charge on any atom is -0.309 e. The molecule has 0 atom stereocenters. The molecule has 3 aromatic heterocycles. The number of fused-ring (bicyclic) bond motifs is 6. The topological polar surface area (TPSA) is 54.5 Å². The van der Waals surface area contributed by atoms with Gasteiger partial charge in [-0.3, -0.25) is 0 Å². The molecular formula is C47H28N4S. The molecule has 5 heteroatoms. The van der Waals surface area contributed by atoms with Crippen LogP contribution in [0.1, 0.15) is 5.56 Å². The van der Waals surface area contributed by atoms with Crippen molar-refractivity contribution in [2.75, 3.05) is 0 Å². The maximum Gasteiger partial charge on any atom is 0.160 e. The molecule has 0 unspecified atom stereocenters. The number of rotatable bonds is 5. The molecule has 0 aliphatic carbocycles. The quantitative estimate of drug-likeness (QED) is 0.182. The van der Waals surface area contributed by atoms with Gasteiger partial charge in [-0.25, -0.2) is 9.97 Å². The molecule has 7 aromatic carbocycles. The highest BCUT2D eigenvalue weighted by Gasteiger charge is 2.20. The number of aromatic nitrogens is 3. The fraction of sp³-hybridized carbons (Fsp3) is 0. The van der Waals surface area contributed by atoms with E-state index in [2.05, 4.69) is 132 Å². The summed E-state index contributed by atoms with van der Waals surface area (Å²) in [5.41, 5.74) is 10.4. The molecule has 0 aliphatic rings. The molecule has 0 spiro atoms. The summed E-state index contributed by atoms with van der Waals surface area (Å²) in [6.45, 7) is 0. The highest BCUT2D eigenvalue weighted by atomic mass is 32.1. The van der Waals surface area contributed by atoms with Gasteiger partial charge in [-0.1, -0.05) is 115 Å². The highest BCUT2D eigenvalue weighted by Crippen LogP contribution is 2.42. The van der Waals surface area contributed by atoms with E-state index in [1.165, 1.54) is 20.2 Å². The largest absolute Gasteiger partial charge is 0.309 e. The lowest BCUT2D eigenvalue weighted by atomic mass is 9.96. The molecule has 0 saturated heterocycles. The van der Waals surface area contributed by atoms with Crippen LogP contribution in [-0.2, 0) is 0 Å². The Hall–Kier alpha value is -6.87. The lowest BCUT2D eigenvalue weighted by Crippen LogP contribution is -1.99. The fourth-order valence-electron chi connectivity index (χ4n) is 7.46. The maximum absolute atomic E-state index is 10.5. The van der Waals surface area contributed by atoms with Crippen LogP contribution in [0.2, 0.25) is 0 Å². The van der Waals surface area contributed by atoms with E-state index in [0.717, 1.165) is 66.7 Å². The monoisotopic (exact) mass is 680 g/mol. The third-order valence-electron chi connectivity index (χ3n) is 9.87. The number of thiophene rings is 1. The molecule has 0 fully saturated rings. The summed E-state index contributed by atoms with van der Waals surface area (Å²) >= 11 is 1.80. The van der Waals surface area contributed by atoms with Crippen LogP contribution in [0.3, 0.4) is 0 Å². The Bertz CT molecular complexity index is 2970. The average Bonchev–Trinajstić information content (AvgIpc) is 3.76. The van der Waals surface area contributed by atoms with Crippen LogP contribution in [0.25, 0.3) is 92.7 Å². The van der Waals surface area contributed by atoms with Crippen LogP contribution in [0, 0.1) is 11.3 Å². The van der Waals surface area contributed by atoms with E-state index in [9.17, 15) is 5.26 Å². The first-order valence-electron chi connectivity index (χ1n) is 17.2. The molecular weight excluding hydrogens is 653 g/mol. The van der Waals surface area contributed by atoms with Gasteiger partial charge >= 0.3 is 0 Å². The van der Waals surface area contributed by atoms with Crippen LogP contribution in [0.15, 0.2) is 170 Å². The number of benzene rings is 7. The van der Waals surface area contributed by atoms with Gasteiger partial charge in [0.05, 0.1) is 39.7 Å². The summed E-state index contributed by atoms with van der Waals surface area (Å²) < 4.78 is 4.81. The molecule has 4 nitrogen and oxygen atoms in total. The van der Waals surface area contributed by atoms with E-state index in [-0.39, 0.29) is 0 Å². The van der Waals surface area contributed by atoms with E-state index in [0.29, 0.717) is 11.4 Å². The van der Waals surface area contributed by atoms with E-state index in [1.54, 1.807) is 11.3 Å². The lowest BCUT2D eigenvalue weighted by molar-refractivity contribution is 1.17. The summed E-state index contributed by atoms with van der Waals surface area (Å²) in [5.74, 6) is 0.688. The first kappa shape index (κ1) is 30.0. The molecule has 10 aromatic rings. The van der Waals surface area contributed by atoms with Crippen molar-refractivity contribution < 1.29 is 0 Å². The van der Waals surface area contributed by atoms with E-state index in [4.69, 9.17) is 9.97 Å². The van der Waals surface area contributed by atoms with Gasteiger partial charge in [-0.15, -0.1) is 11.3 Å². The zero-order valence-electron chi connectivity index (χ0n) is 27.9. The Morgan fingerprint density at radius 2 is 1.10 bits per heavy atom.